The molecule has 0 unspecified atom stereocenters. The number of carbonyl (C=O) groups excluding carboxylic acids is 1. The fourth-order valence-corrected chi connectivity index (χ4v) is 1.97. The second kappa shape index (κ2) is 7.65. The zero-order valence-corrected chi connectivity index (χ0v) is 13.0. The number of hydrogen-bond donors (Lipinski definition) is 1. The van der Waals surface area contributed by atoms with Crippen LogP contribution in [0.15, 0.2) is 40.5 Å². The van der Waals surface area contributed by atoms with Gasteiger partial charge in [-0.3, -0.25) is 14.9 Å². The molecule has 0 spiro atoms. The lowest BCUT2D eigenvalue weighted by atomic mass is 10.1. The summed E-state index contributed by atoms with van der Waals surface area (Å²) in [4.78, 5) is 22.1. The van der Waals surface area contributed by atoms with E-state index in [-0.39, 0.29) is 23.4 Å². The molecule has 0 aliphatic carbocycles. The summed E-state index contributed by atoms with van der Waals surface area (Å²) >= 11 is 0. The van der Waals surface area contributed by atoms with Gasteiger partial charge in [-0.1, -0.05) is 0 Å². The SMILES string of the molecule is COc1cc(/C=C(\C#N)C(=O)NCc2ccco2)cc([N+](=O)[O-])c1[O-]. The zero-order chi connectivity index (χ0) is 18.4. The molecule has 0 radical (unpaired) electrons. The van der Waals surface area contributed by atoms with Crippen LogP contribution in [0.2, 0.25) is 0 Å². The molecule has 1 heterocycles. The zero-order valence-electron chi connectivity index (χ0n) is 13.0. The lowest BCUT2D eigenvalue weighted by molar-refractivity contribution is -0.398. The lowest BCUT2D eigenvalue weighted by Crippen LogP contribution is -2.23. The Hall–Kier alpha value is -3.80. The first kappa shape index (κ1) is 17.6. The normalized spacial score (nSPS) is 10.8. The van der Waals surface area contributed by atoms with Gasteiger partial charge in [0.1, 0.15) is 23.2 Å². The Kier molecular flexibility index (Phi) is 5.37. The molecule has 1 amide bonds. The molecule has 1 aromatic heterocycles. The van der Waals surface area contributed by atoms with Crippen molar-refractivity contribution in [1.29, 1.82) is 5.26 Å². The minimum atomic E-state index is -0.884. The van der Waals surface area contributed by atoms with Gasteiger partial charge in [-0.25, -0.2) is 0 Å². The average molecular weight is 342 g/mol. The summed E-state index contributed by atoms with van der Waals surface area (Å²) in [5.74, 6) is -1.33. The molecule has 0 saturated carbocycles. The maximum absolute atomic E-state index is 12.0. The van der Waals surface area contributed by atoms with Gasteiger partial charge in [-0.2, -0.15) is 5.26 Å². The van der Waals surface area contributed by atoms with Crippen LogP contribution in [-0.4, -0.2) is 17.9 Å². The summed E-state index contributed by atoms with van der Waals surface area (Å²) in [5.41, 5.74) is -0.881. The molecule has 0 fully saturated rings. The van der Waals surface area contributed by atoms with Crippen molar-refractivity contribution in [1.82, 2.24) is 5.32 Å². The highest BCUT2D eigenvalue weighted by Gasteiger charge is 2.15. The number of benzene rings is 1. The van der Waals surface area contributed by atoms with Gasteiger partial charge in [0, 0.05) is 11.8 Å². The third kappa shape index (κ3) is 4.14. The molecule has 0 atom stereocenters. The van der Waals surface area contributed by atoms with E-state index in [2.05, 4.69) is 5.32 Å². The van der Waals surface area contributed by atoms with E-state index in [0.717, 1.165) is 12.1 Å². The topological polar surface area (TPSA) is 141 Å². The molecule has 0 aliphatic heterocycles. The summed E-state index contributed by atoms with van der Waals surface area (Å²) < 4.78 is 9.86. The molecular formula is C16H12N3O6-. The number of nitrogens with zero attached hydrogens (tertiary/aromatic N) is 2. The second-order valence-corrected chi connectivity index (χ2v) is 4.76. The molecule has 1 aromatic carbocycles. The number of amides is 1. The summed E-state index contributed by atoms with van der Waals surface area (Å²) in [7, 11) is 1.19. The Balaban J connectivity index is 2.29. The van der Waals surface area contributed by atoms with E-state index in [1.54, 1.807) is 18.2 Å². The van der Waals surface area contributed by atoms with Gasteiger partial charge in [-0.15, -0.1) is 0 Å². The first-order chi connectivity index (χ1) is 12.0. The van der Waals surface area contributed by atoms with Crippen LogP contribution in [0.25, 0.3) is 6.08 Å². The van der Waals surface area contributed by atoms with Gasteiger partial charge in [-0.05, 0) is 29.8 Å². The highest BCUT2D eigenvalue weighted by Crippen LogP contribution is 2.35. The van der Waals surface area contributed by atoms with Crippen LogP contribution >= 0.6 is 0 Å². The maximum Gasteiger partial charge on any atom is 0.266 e. The Bertz CT molecular complexity index is 865. The fourth-order valence-electron chi connectivity index (χ4n) is 1.97. The molecule has 128 valence electrons. The third-order valence-electron chi connectivity index (χ3n) is 3.15. The van der Waals surface area contributed by atoms with Gasteiger partial charge in [0.25, 0.3) is 11.6 Å². The Morgan fingerprint density at radius 2 is 2.28 bits per heavy atom. The summed E-state index contributed by atoms with van der Waals surface area (Å²) in [5, 5.41) is 34.3. The van der Waals surface area contributed by atoms with Crippen molar-refractivity contribution in [2.45, 2.75) is 6.54 Å². The van der Waals surface area contributed by atoms with E-state index < -0.39 is 22.3 Å². The summed E-state index contributed by atoms with van der Waals surface area (Å²) in [6.45, 7) is 0.0772. The number of hydrogen-bond acceptors (Lipinski definition) is 7. The van der Waals surface area contributed by atoms with E-state index in [1.807, 2.05) is 0 Å². The van der Waals surface area contributed by atoms with Crippen LogP contribution in [0.1, 0.15) is 11.3 Å². The van der Waals surface area contributed by atoms with Crippen LogP contribution < -0.4 is 15.2 Å². The minimum absolute atomic E-state index is 0.0772. The molecule has 0 bridgehead atoms. The first-order valence-corrected chi connectivity index (χ1v) is 6.92. The number of nitro groups is 1. The highest BCUT2D eigenvalue weighted by molar-refractivity contribution is 6.01. The summed E-state index contributed by atoms with van der Waals surface area (Å²) in [6, 6.07) is 7.20. The van der Waals surface area contributed by atoms with Crippen LogP contribution in [0.4, 0.5) is 5.69 Å². The number of carbonyl (C=O) groups is 1. The summed E-state index contributed by atoms with van der Waals surface area (Å²) in [6.07, 6.45) is 2.57. The van der Waals surface area contributed by atoms with Crippen molar-refractivity contribution in [3.05, 3.63) is 57.5 Å². The number of rotatable bonds is 6. The van der Waals surface area contributed by atoms with Gasteiger partial charge < -0.3 is 19.6 Å². The van der Waals surface area contributed by atoms with Crippen molar-refractivity contribution in [2.75, 3.05) is 7.11 Å². The second-order valence-electron chi connectivity index (χ2n) is 4.76. The monoisotopic (exact) mass is 342 g/mol. The predicted octanol–water partition coefficient (Wildman–Crippen LogP) is 1.49. The van der Waals surface area contributed by atoms with Gasteiger partial charge in [0.15, 0.2) is 0 Å². The number of ether oxygens (including phenoxy) is 1. The predicted molar refractivity (Wildman–Crippen MR) is 83.2 cm³/mol. The number of nitrogens with one attached hydrogen (secondary N) is 1. The van der Waals surface area contributed by atoms with E-state index in [4.69, 9.17) is 14.4 Å². The number of nitro benzene ring substituents is 1. The van der Waals surface area contributed by atoms with Crippen LogP contribution in [0, 0.1) is 21.4 Å². The van der Waals surface area contributed by atoms with Crippen molar-refractivity contribution in [3.63, 3.8) is 0 Å². The van der Waals surface area contributed by atoms with Crippen LogP contribution in [-0.2, 0) is 11.3 Å². The van der Waals surface area contributed by atoms with Crippen molar-refractivity contribution in [3.8, 4) is 17.6 Å². The van der Waals surface area contributed by atoms with E-state index in [1.165, 1.54) is 19.4 Å². The molecular weight excluding hydrogens is 330 g/mol. The van der Waals surface area contributed by atoms with Crippen LogP contribution in [0.3, 0.4) is 0 Å². The molecule has 0 aliphatic rings. The average Bonchev–Trinajstić information content (AvgIpc) is 3.11. The lowest BCUT2D eigenvalue weighted by Gasteiger charge is -2.13. The molecule has 0 saturated heterocycles. The number of furan rings is 1. The molecule has 25 heavy (non-hydrogen) atoms. The Morgan fingerprint density at radius 1 is 1.52 bits per heavy atom. The van der Waals surface area contributed by atoms with Crippen molar-refractivity contribution >= 4 is 17.7 Å². The molecule has 9 heteroatoms. The van der Waals surface area contributed by atoms with Gasteiger partial charge in [0.2, 0.25) is 0 Å². The third-order valence-corrected chi connectivity index (χ3v) is 3.15. The Labute approximate surface area is 141 Å². The molecule has 1 N–H and O–H groups in total. The van der Waals surface area contributed by atoms with E-state index in [0.29, 0.717) is 5.76 Å². The standard InChI is InChI=1S/C16H13N3O6/c1-24-14-7-10(6-13(15(14)20)19(22)23)5-11(8-17)16(21)18-9-12-3-2-4-25-12/h2-7,20H,9H2,1H3,(H,18,21)/p-1/b11-5+. The maximum atomic E-state index is 12.0. The smallest absolute Gasteiger partial charge is 0.266 e. The quantitative estimate of drug-likeness (QED) is 0.363. The van der Waals surface area contributed by atoms with E-state index >= 15 is 0 Å². The van der Waals surface area contributed by atoms with Crippen LogP contribution in [0.5, 0.6) is 11.5 Å². The largest absolute Gasteiger partial charge is 0.865 e. The molecule has 9 nitrogen and oxygen atoms in total. The fraction of sp³-hybridized carbons (Fsp3) is 0.125. The number of methoxy groups -OCH3 is 1. The van der Waals surface area contributed by atoms with Gasteiger partial charge in [0.05, 0.1) is 24.8 Å². The first-order valence-electron chi connectivity index (χ1n) is 6.92. The van der Waals surface area contributed by atoms with E-state index in [9.17, 15) is 20.0 Å². The Morgan fingerprint density at radius 3 is 2.84 bits per heavy atom. The van der Waals surface area contributed by atoms with Crippen molar-refractivity contribution < 1.29 is 24.0 Å². The van der Waals surface area contributed by atoms with Crippen molar-refractivity contribution in [2.24, 2.45) is 0 Å². The highest BCUT2D eigenvalue weighted by atomic mass is 16.6. The molecule has 2 rings (SSSR count). The number of nitriles is 1. The van der Waals surface area contributed by atoms with Gasteiger partial charge >= 0.3 is 0 Å². The molecule has 2 aromatic rings. The minimum Gasteiger partial charge on any atom is -0.865 e.